The number of carbonyl (C=O) groups is 1. The molecule has 6 rings (SSSR count). The van der Waals surface area contributed by atoms with Crippen LogP contribution in [0.5, 0.6) is 5.75 Å². The number of hydrogen-bond donors (Lipinski definition) is 2. The van der Waals surface area contributed by atoms with Crippen LogP contribution >= 0.6 is 11.6 Å². The maximum absolute atomic E-state index is 13.3. The zero-order valence-corrected chi connectivity index (χ0v) is 21.5. The quantitative estimate of drug-likeness (QED) is 0.333. The van der Waals surface area contributed by atoms with Crippen molar-refractivity contribution in [2.45, 2.75) is 37.8 Å². The Bertz CT molecular complexity index is 1410. The van der Waals surface area contributed by atoms with Crippen LogP contribution in [0.15, 0.2) is 60.8 Å². The highest BCUT2D eigenvalue weighted by molar-refractivity contribution is 6.32. The summed E-state index contributed by atoms with van der Waals surface area (Å²) in [6.45, 7) is 2.05. The second-order valence-corrected chi connectivity index (χ2v) is 10.5. The first-order chi connectivity index (χ1) is 18.0. The highest BCUT2D eigenvalue weighted by Gasteiger charge is 2.34. The number of ether oxygens (including phenoxy) is 1. The minimum Gasteiger partial charge on any atom is -0.489 e. The van der Waals surface area contributed by atoms with Crippen molar-refractivity contribution in [2.24, 2.45) is 5.92 Å². The van der Waals surface area contributed by atoms with Crippen molar-refractivity contribution in [1.29, 1.82) is 0 Å². The van der Waals surface area contributed by atoms with Gasteiger partial charge in [-0.2, -0.15) is 5.10 Å². The number of pyridine rings is 1. The second kappa shape index (κ2) is 10.1. The first-order valence-corrected chi connectivity index (χ1v) is 13.3. The monoisotopic (exact) mass is 515 g/mol. The number of aromatic nitrogens is 3. The van der Waals surface area contributed by atoms with Gasteiger partial charge in [-0.05, 0) is 87.2 Å². The average Bonchev–Trinajstić information content (AvgIpc) is 3.68. The van der Waals surface area contributed by atoms with Crippen LogP contribution in [-0.4, -0.2) is 52.2 Å². The molecule has 2 fully saturated rings. The van der Waals surface area contributed by atoms with Crippen LogP contribution in [0.4, 0.5) is 0 Å². The topological polar surface area (TPSA) is 83.1 Å². The molecule has 0 radical (unpaired) electrons. The summed E-state index contributed by atoms with van der Waals surface area (Å²) in [5.41, 5.74) is 3.97. The third kappa shape index (κ3) is 5.20. The third-order valence-corrected chi connectivity index (χ3v) is 7.67. The lowest BCUT2D eigenvalue weighted by atomic mass is 10.0. The number of piperidine rings is 1. The first kappa shape index (κ1) is 23.9. The van der Waals surface area contributed by atoms with Crippen molar-refractivity contribution in [1.82, 2.24) is 25.4 Å². The molecule has 2 aliphatic rings. The molecule has 0 spiro atoms. The summed E-state index contributed by atoms with van der Waals surface area (Å²) in [5, 5.41) is 12.3. The Morgan fingerprint density at radius 2 is 1.95 bits per heavy atom. The predicted molar refractivity (Wildman–Crippen MR) is 145 cm³/mol. The molecule has 7 nitrogen and oxygen atoms in total. The van der Waals surface area contributed by atoms with Crippen LogP contribution < -0.4 is 10.1 Å². The zero-order valence-electron chi connectivity index (χ0n) is 20.8. The lowest BCUT2D eigenvalue weighted by Gasteiger charge is -2.29. The fraction of sp³-hybridized carbons (Fsp3) is 0.345. The number of halogens is 1. The summed E-state index contributed by atoms with van der Waals surface area (Å²) >= 11 is 6.63. The molecule has 1 amide bonds. The number of hydrogen-bond acceptors (Lipinski definition) is 5. The lowest BCUT2D eigenvalue weighted by Crippen LogP contribution is -2.35. The first-order valence-electron chi connectivity index (χ1n) is 12.9. The highest BCUT2D eigenvalue weighted by atomic mass is 35.5. The van der Waals surface area contributed by atoms with E-state index in [2.05, 4.69) is 32.4 Å². The van der Waals surface area contributed by atoms with Gasteiger partial charge < -0.3 is 15.0 Å². The normalized spacial score (nSPS) is 17.6. The molecule has 1 atom stereocenters. The Morgan fingerprint density at radius 3 is 2.68 bits per heavy atom. The number of fused-ring (bicyclic) bond motifs is 1. The maximum atomic E-state index is 13.3. The predicted octanol–water partition coefficient (Wildman–Crippen LogP) is 5.63. The van der Waals surface area contributed by atoms with Crippen LogP contribution in [-0.2, 0) is 0 Å². The Balaban J connectivity index is 1.23. The zero-order chi connectivity index (χ0) is 25.4. The van der Waals surface area contributed by atoms with Crippen LogP contribution in [0.3, 0.4) is 0 Å². The summed E-state index contributed by atoms with van der Waals surface area (Å²) in [4.78, 5) is 20.1. The molecule has 37 heavy (non-hydrogen) atoms. The molecule has 1 aliphatic carbocycles. The molecule has 2 N–H and O–H groups in total. The van der Waals surface area contributed by atoms with Crippen LogP contribution in [0.2, 0.25) is 5.02 Å². The molecule has 0 bridgehead atoms. The van der Waals surface area contributed by atoms with Gasteiger partial charge in [0.1, 0.15) is 11.9 Å². The number of rotatable bonds is 7. The van der Waals surface area contributed by atoms with E-state index < -0.39 is 0 Å². The third-order valence-electron chi connectivity index (χ3n) is 7.38. The van der Waals surface area contributed by atoms with E-state index in [4.69, 9.17) is 16.3 Å². The molecule has 190 valence electrons. The van der Waals surface area contributed by atoms with Crippen molar-refractivity contribution in [3.05, 3.63) is 77.1 Å². The van der Waals surface area contributed by atoms with Crippen molar-refractivity contribution in [2.75, 3.05) is 20.1 Å². The smallest absolute Gasteiger partial charge is 0.251 e. The SMILES string of the molecule is CN1CCC(Oc2ccc(-c3n[nH]c4ccc(C(=O)N[C@H](c5ccccn5)C5CC5)cc34)cc2Cl)CC1. The van der Waals surface area contributed by atoms with Gasteiger partial charge in [0, 0.05) is 35.8 Å². The number of likely N-dealkylation sites (tertiary alicyclic amines) is 1. The standard InChI is InChI=1S/C29H30ClN5O2/c1-35-14-11-21(12-15-35)37-26-10-8-19(17-23(26)30)27-22-16-20(7-9-24(22)33-34-27)29(36)32-28(18-5-6-18)25-4-2-3-13-31-25/h2-4,7-10,13,16-18,21,28H,5-6,11-12,14-15H2,1H3,(H,32,36)(H,33,34)/t28-/m0/s1. The lowest BCUT2D eigenvalue weighted by molar-refractivity contribution is 0.0931. The van der Waals surface area contributed by atoms with Gasteiger partial charge in [-0.15, -0.1) is 0 Å². The van der Waals surface area contributed by atoms with Crippen molar-refractivity contribution in [3.8, 4) is 17.0 Å². The largest absolute Gasteiger partial charge is 0.489 e. The summed E-state index contributed by atoms with van der Waals surface area (Å²) in [6, 6.07) is 17.1. The fourth-order valence-electron chi connectivity index (χ4n) is 5.05. The molecule has 1 aliphatic heterocycles. The van der Waals surface area contributed by atoms with Gasteiger partial charge >= 0.3 is 0 Å². The van der Waals surface area contributed by atoms with Crippen LogP contribution in [0.25, 0.3) is 22.2 Å². The van der Waals surface area contributed by atoms with E-state index in [1.54, 1.807) is 6.20 Å². The number of benzene rings is 2. The number of amides is 1. The van der Waals surface area contributed by atoms with Crippen LogP contribution in [0, 0.1) is 5.92 Å². The molecule has 1 saturated heterocycles. The number of carbonyl (C=O) groups excluding carboxylic acids is 1. The van der Waals surface area contributed by atoms with Gasteiger partial charge in [-0.25, -0.2) is 0 Å². The number of H-pyrrole nitrogens is 1. The molecule has 2 aromatic carbocycles. The van der Waals surface area contributed by atoms with Gasteiger partial charge in [0.15, 0.2) is 0 Å². The fourth-order valence-corrected chi connectivity index (χ4v) is 5.27. The van der Waals surface area contributed by atoms with Crippen molar-refractivity contribution >= 4 is 28.4 Å². The van der Waals surface area contributed by atoms with Crippen molar-refractivity contribution < 1.29 is 9.53 Å². The maximum Gasteiger partial charge on any atom is 0.251 e. The molecule has 1 saturated carbocycles. The molecule has 2 aromatic heterocycles. The van der Waals surface area contributed by atoms with E-state index in [-0.39, 0.29) is 18.1 Å². The van der Waals surface area contributed by atoms with E-state index in [1.807, 2.05) is 54.6 Å². The Kier molecular flexibility index (Phi) is 6.57. The molecular weight excluding hydrogens is 486 g/mol. The van der Waals surface area contributed by atoms with Gasteiger partial charge in [-0.3, -0.25) is 14.9 Å². The molecule has 4 aromatic rings. The molecular formula is C29H30ClN5O2. The molecule has 0 unspecified atom stereocenters. The summed E-state index contributed by atoms with van der Waals surface area (Å²) in [7, 11) is 2.13. The minimum atomic E-state index is -0.114. The van der Waals surface area contributed by atoms with E-state index >= 15 is 0 Å². The van der Waals surface area contributed by atoms with Gasteiger partial charge in [0.2, 0.25) is 0 Å². The summed E-state index contributed by atoms with van der Waals surface area (Å²) in [5.74, 6) is 1.02. The van der Waals surface area contributed by atoms with Crippen LogP contribution in [0.1, 0.15) is 47.8 Å². The Morgan fingerprint density at radius 1 is 1.11 bits per heavy atom. The summed E-state index contributed by atoms with van der Waals surface area (Å²) < 4.78 is 6.20. The van der Waals surface area contributed by atoms with E-state index in [9.17, 15) is 4.79 Å². The van der Waals surface area contributed by atoms with E-state index in [0.29, 0.717) is 22.3 Å². The number of nitrogens with one attached hydrogen (secondary N) is 2. The van der Waals surface area contributed by atoms with Gasteiger partial charge in [0.25, 0.3) is 5.91 Å². The van der Waals surface area contributed by atoms with E-state index in [0.717, 1.165) is 66.6 Å². The number of aromatic amines is 1. The Hall–Kier alpha value is -3.42. The average molecular weight is 516 g/mol. The highest BCUT2D eigenvalue weighted by Crippen LogP contribution is 2.40. The minimum absolute atomic E-state index is 0.0795. The second-order valence-electron chi connectivity index (χ2n) is 10.1. The number of nitrogens with zero attached hydrogens (tertiary/aromatic N) is 3. The van der Waals surface area contributed by atoms with E-state index in [1.165, 1.54) is 0 Å². The van der Waals surface area contributed by atoms with Gasteiger partial charge in [0.05, 0.1) is 28.0 Å². The Labute approximate surface area is 221 Å². The summed E-state index contributed by atoms with van der Waals surface area (Å²) in [6.07, 6.45) is 6.14. The molecule has 8 heteroatoms. The van der Waals surface area contributed by atoms with Gasteiger partial charge in [-0.1, -0.05) is 17.7 Å². The van der Waals surface area contributed by atoms with Crippen molar-refractivity contribution in [3.63, 3.8) is 0 Å². The molecule has 3 heterocycles.